The molecule has 102 valence electrons. The first-order valence-electron chi connectivity index (χ1n) is 5.84. The molecule has 2 heterocycles. The molecule has 5 nitrogen and oxygen atoms in total. The number of thioether (sulfide) groups is 1. The van der Waals surface area contributed by atoms with Gasteiger partial charge in [0, 0.05) is 6.20 Å². The number of hydrogen-bond donors (Lipinski definition) is 1. The van der Waals surface area contributed by atoms with Crippen molar-refractivity contribution in [2.24, 2.45) is 0 Å². The molecule has 0 aromatic carbocycles. The minimum atomic E-state index is -3.47. The lowest BCUT2D eigenvalue weighted by Crippen LogP contribution is -2.25. The summed E-state index contributed by atoms with van der Waals surface area (Å²) < 4.78 is 26.1. The van der Waals surface area contributed by atoms with E-state index in [-0.39, 0.29) is 16.1 Å². The number of rotatable bonds is 4. The SMILES string of the molecule is CCCS(=O)(=O)c1c(SC)nc2ccccn2c1=N. The molecule has 2 rings (SSSR count). The van der Waals surface area contributed by atoms with Gasteiger partial charge in [0.1, 0.15) is 15.6 Å². The van der Waals surface area contributed by atoms with Crippen LogP contribution in [0.5, 0.6) is 0 Å². The van der Waals surface area contributed by atoms with E-state index >= 15 is 0 Å². The quantitative estimate of drug-likeness (QED) is 0.688. The molecular weight excluding hydrogens is 282 g/mol. The van der Waals surface area contributed by atoms with E-state index in [1.165, 1.54) is 16.2 Å². The third kappa shape index (κ3) is 2.52. The second-order valence-electron chi connectivity index (χ2n) is 4.05. The van der Waals surface area contributed by atoms with Gasteiger partial charge in [-0.25, -0.2) is 13.4 Å². The van der Waals surface area contributed by atoms with E-state index in [0.717, 1.165) is 0 Å². The summed E-state index contributed by atoms with van der Waals surface area (Å²) in [4.78, 5) is 4.36. The Morgan fingerprint density at radius 3 is 2.79 bits per heavy atom. The number of fused-ring (bicyclic) bond motifs is 1. The number of hydrogen-bond acceptors (Lipinski definition) is 5. The van der Waals surface area contributed by atoms with Gasteiger partial charge in [0.25, 0.3) is 0 Å². The van der Waals surface area contributed by atoms with Crippen LogP contribution in [0.3, 0.4) is 0 Å². The summed E-state index contributed by atoms with van der Waals surface area (Å²) in [5.41, 5.74) is 0.552. The van der Waals surface area contributed by atoms with Gasteiger partial charge in [0.15, 0.2) is 15.3 Å². The standard InChI is InChI=1S/C12H15N3O2S2/c1-3-8-19(16,17)10-11(13)15-7-5-4-6-9(15)14-12(10)18-2/h4-7,13H,3,8H2,1-2H3. The maximum Gasteiger partial charge on any atom is 0.184 e. The molecule has 0 amide bonds. The van der Waals surface area contributed by atoms with Crippen LogP contribution in [0.25, 0.3) is 5.65 Å². The van der Waals surface area contributed by atoms with Crippen molar-refractivity contribution < 1.29 is 8.42 Å². The van der Waals surface area contributed by atoms with Crippen molar-refractivity contribution in [3.8, 4) is 0 Å². The van der Waals surface area contributed by atoms with E-state index in [4.69, 9.17) is 5.41 Å². The molecule has 19 heavy (non-hydrogen) atoms. The number of pyridine rings is 1. The molecule has 0 bridgehead atoms. The molecule has 0 spiro atoms. The monoisotopic (exact) mass is 297 g/mol. The molecule has 0 saturated heterocycles. The van der Waals surface area contributed by atoms with Gasteiger partial charge < -0.3 is 0 Å². The lowest BCUT2D eigenvalue weighted by atomic mass is 10.4. The minimum Gasteiger partial charge on any atom is -0.285 e. The van der Waals surface area contributed by atoms with E-state index in [0.29, 0.717) is 17.1 Å². The van der Waals surface area contributed by atoms with Gasteiger partial charge in [-0.1, -0.05) is 13.0 Å². The highest BCUT2D eigenvalue weighted by Crippen LogP contribution is 2.21. The predicted octanol–water partition coefficient (Wildman–Crippen LogP) is 1.72. The second-order valence-corrected chi connectivity index (χ2v) is 6.89. The van der Waals surface area contributed by atoms with Crippen LogP contribution in [0.1, 0.15) is 13.3 Å². The molecule has 7 heteroatoms. The zero-order valence-electron chi connectivity index (χ0n) is 10.8. The third-order valence-electron chi connectivity index (χ3n) is 2.68. The van der Waals surface area contributed by atoms with E-state index in [2.05, 4.69) is 4.98 Å². The Morgan fingerprint density at radius 1 is 1.42 bits per heavy atom. The topological polar surface area (TPSA) is 75.3 Å². The summed E-state index contributed by atoms with van der Waals surface area (Å²) in [6.45, 7) is 1.81. The summed E-state index contributed by atoms with van der Waals surface area (Å²) in [5, 5.41) is 8.54. The minimum absolute atomic E-state index is 0.0246. The summed E-state index contributed by atoms with van der Waals surface area (Å²) in [5.74, 6) is 0.0347. The van der Waals surface area contributed by atoms with Gasteiger partial charge in [-0.15, -0.1) is 11.8 Å². The Hall–Kier alpha value is -1.34. The van der Waals surface area contributed by atoms with Gasteiger partial charge in [-0.2, -0.15) is 0 Å². The normalized spacial score (nSPS) is 11.9. The lowest BCUT2D eigenvalue weighted by Gasteiger charge is -2.10. The predicted molar refractivity (Wildman–Crippen MR) is 75.2 cm³/mol. The summed E-state index contributed by atoms with van der Waals surface area (Å²) in [6, 6.07) is 5.32. The van der Waals surface area contributed by atoms with Crippen LogP contribution in [0, 0.1) is 5.41 Å². The van der Waals surface area contributed by atoms with Crippen molar-refractivity contribution in [1.82, 2.24) is 9.38 Å². The fourth-order valence-corrected chi connectivity index (χ4v) is 4.41. The molecule has 0 fully saturated rings. The molecule has 0 aliphatic heterocycles. The molecule has 2 aromatic rings. The fourth-order valence-electron chi connectivity index (χ4n) is 1.87. The van der Waals surface area contributed by atoms with Crippen LogP contribution in [0.4, 0.5) is 0 Å². The van der Waals surface area contributed by atoms with Crippen molar-refractivity contribution in [2.75, 3.05) is 12.0 Å². The smallest absolute Gasteiger partial charge is 0.184 e. The molecule has 0 unspecified atom stereocenters. The highest BCUT2D eigenvalue weighted by molar-refractivity contribution is 7.99. The lowest BCUT2D eigenvalue weighted by molar-refractivity contribution is 0.587. The number of nitrogens with zero attached hydrogens (tertiary/aromatic N) is 2. The largest absolute Gasteiger partial charge is 0.285 e. The number of aromatic nitrogens is 2. The first-order valence-corrected chi connectivity index (χ1v) is 8.71. The maximum absolute atomic E-state index is 12.3. The van der Waals surface area contributed by atoms with Gasteiger partial charge in [0.2, 0.25) is 0 Å². The van der Waals surface area contributed by atoms with Crippen LogP contribution >= 0.6 is 11.8 Å². The molecule has 0 radical (unpaired) electrons. The van der Waals surface area contributed by atoms with E-state index in [9.17, 15) is 8.42 Å². The zero-order valence-corrected chi connectivity index (χ0v) is 12.4. The Morgan fingerprint density at radius 2 is 2.16 bits per heavy atom. The average molecular weight is 297 g/mol. The maximum atomic E-state index is 12.3. The summed E-state index contributed by atoms with van der Waals surface area (Å²) in [7, 11) is -3.47. The van der Waals surface area contributed by atoms with E-state index in [1.54, 1.807) is 24.6 Å². The molecule has 1 N–H and O–H groups in total. The molecule has 0 atom stereocenters. The molecule has 0 aliphatic rings. The molecule has 0 saturated carbocycles. The van der Waals surface area contributed by atoms with Gasteiger partial charge in [-0.05, 0) is 24.8 Å². The molecule has 0 aliphatic carbocycles. The third-order valence-corrected chi connectivity index (χ3v) is 5.45. The van der Waals surface area contributed by atoms with Crippen molar-refractivity contribution >= 4 is 27.2 Å². The van der Waals surface area contributed by atoms with E-state index < -0.39 is 9.84 Å². The van der Waals surface area contributed by atoms with Gasteiger partial charge in [0.05, 0.1) is 5.75 Å². The van der Waals surface area contributed by atoms with Gasteiger partial charge in [-0.3, -0.25) is 9.81 Å². The van der Waals surface area contributed by atoms with Crippen molar-refractivity contribution in [2.45, 2.75) is 23.3 Å². The van der Waals surface area contributed by atoms with Crippen LogP contribution in [0.15, 0.2) is 34.3 Å². The van der Waals surface area contributed by atoms with Gasteiger partial charge >= 0.3 is 0 Å². The number of sulfone groups is 1. The first kappa shape index (κ1) is 14.1. The van der Waals surface area contributed by atoms with Crippen LogP contribution in [-0.4, -0.2) is 29.8 Å². The highest BCUT2D eigenvalue weighted by Gasteiger charge is 2.22. The zero-order chi connectivity index (χ0) is 14.0. The Balaban J connectivity index is 2.87. The van der Waals surface area contributed by atoms with Crippen LogP contribution in [0.2, 0.25) is 0 Å². The Bertz CT molecular complexity index is 766. The summed E-state index contributed by atoms with van der Waals surface area (Å²) >= 11 is 1.25. The number of nitrogens with one attached hydrogen (secondary N) is 1. The fraction of sp³-hybridized carbons (Fsp3) is 0.333. The Kier molecular flexibility index (Phi) is 3.96. The summed E-state index contributed by atoms with van der Waals surface area (Å²) in [6.07, 6.45) is 3.94. The van der Waals surface area contributed by atoms with Crippen LogP contribution < -0.4 is 5.49 Å². The Labute approximate surface area is 116 Å². The molecular formula is C12H15N3O2S2. The molecule has 2 aromatic heterocycles. The first-order chi connectivity index (χ1) is 9.01. The van der Waals surface area contributed by atoms with Crippen molar-refractivity contribution in [3.05, 3.63) is 29.9 Å². The highest BCUT2D eigenvalue weighted by atomic mass is 32.2. The van der Waals surface area contributed by atoms with Crippen molar-refractivity contribution in [1.29, 1.82) is 5.41 Å². The second kappa shape index (κ2) is 5.34. The average Bonchev–Trinajstić information content (AvgIpc) is 2.38. The van der Waals surface area contributed by atoms with E-state index in [1.807, 2.05) is 13.0 Å². The van der Waals surface area contributed by atoms with Crippen LogP contribution in [-0.2, 0) is 9.84 Å². The van der Waals surface area contributed by atoms with Crippen molar-refractivity contribution in [3.63, 3.8) is 0 Å².